The van der Waals surface area contributed by atoms with Crippen molar-refractivity contribution in [2.24, 2.45) is 0 Å². The number of amides is 1. The summed E-state index contributed by atoms with van der Waals surface area (Å²) >= 11 is 0. The number of hydrogen-bond acceptors (Lipinski definition) is 4. The highest BCUT2D eigenvalue weighted by Crippen LogP contribution is 2.19. The van der Waals surface area contributed by atoms with E-state index in [1.807, 2.05) is 6.92 Å². The second kappa shape index (κ2) is 6.51. The predicted octanol–water partition coefficient (Wildman–Crippen LogP) is 0.724. The molecule has 1 aliphatic rings. The number of aliphatic hydroxyl groups is 1. The summed E-state index contributed by atoms with van der Waals surface area (Å²) in [5.74, 6) is 5.08. The van der Waals surface area contributed by atoms with E-state index < -0.39 is 0 Å². The molecule has 2 rings (SSSR count). The number of pyridine rings is 1. The second-order valence-corrected chi connectivity index (χ2v) is 5.05. The molecule has 1 atom stereocenters. The van der Waals surface area contributed by atoms with Crippen molar-refractivity contribution in [2.75, 3.05) is 19.8 Å². The predicted molar refractivity (Wildman–Crippen MR) is 74.1 cm³/mol. The molecule has 0 aromatic carbocycles. The molecule has 5 nitrogen and oxygen atoms in total. The first kappa shape index (κ1) is 14.5. The minimum Gasteiger partial charge on any atom is -0.384 e. The summed E-state index contributed by atoms with van der Waals surface area (Å²) in [6.45, 7) is 2.99. The molecule has 1 saturated heterocycles. The molecule has 1 unspecified atom stereocenters. The van der Waals surface area contributed by atoms with Crippen LogP contribution in [0.4, 0.5) is 0 Å². The van der Waals surface area contributed by atoms with Gasteiger partial charge >= 0.3 is 0 Å². The zero-order valence-electron chi connectivity index (χ0n) is 11.5. The monoisotopic (exact) mass is 274 g/mol. The maximum Gasteiger partial charge on any atom is 0.253 e. The Morgan fingerprint density at radius 1 is 1.65 bits per heavy atom. The summed E-state index contributed by atoms with van der Waals surface area (Å²) in [5.41, 5.74) is 0.632. The van der Waals surface area contributed by atoms with Gasteiger partial charge in [0, 0.05) is 19.0 Å². The van der Waals surface area contributed by atoms with Gasteiger partial charge in [0.1, 0.15) is 6.61 Å². The van der Waals surface area contributed by atoms with Gasteiger partial charge < -0.3 is 15.2 Å². The first-order chi connectivity index (χ1) is 9.64. The Labute approximate surface area is 118 Å². The van der Waals surface area contributed by atoms with Crippen LogP contribution in [0, 0.1) is 11.8 Å². The Bertz CT molecular complexity index is 540. The largest absolute Gasteiger partial charge is 0.384 e. The van der Waals surface area contributed by atoms with Gasteiger partial charge in [-0.2, -0.15) is 0 Å². The van der Waals surface area contributed by atoms with Crippen molar-refractivity contribution in [1.82, 2.24) is 10.3 Å². The number of nitrogens with zero attached hydrogens (tertiary/aromatic N) is 1. The zero-order valence-corrected chi connectivity index (χ0v) is 11.5. The number of hydrogen-bond donors (Lipinski definition) is 2. The molecule has 5 heteroatoms. The van der Waals surface area contributed by atoms with Gasteiger partial charge in [-0.05, 0) is 25.8 Å². The Morgan fingerprint density at radius 3 is 3.20 bits per heavy atom. The van der Waals surface area contributed by atoms with E-state index in [1.165, 1.54) is 6.20 Å². The molecule has 0 bridgehead atoms. The minimum absolute atomic E-state index is 0.192. The Kier molecular flexibility index (Phi) is 4.72. The number of carbonyl (C=O) groups is 1. The zero-order chi connectivity index (χ0) is 14.4. The van der Waals surface area contributed by atoms with Crippen LogP contribution >= 0.6 is 0 Å². The third kappa shape index (κ3) is 3.56. The van der Waals surface area contributed by atoms with Crippen LogP contribution in [0.1, 0.15) is 35.7 Å². The van der Waals surface area contributed by atoms with Gasteiger partial charge in [-0.15, -0.1) is 0 Å². The third-order valence-corrected chi connectivity index (χ3v) is 3.22. The van der Waals surface area contributed by atoms with E-state index in [2.05, 4.69) is 22.1 Å². The highest BCUT2D eigenvalue weighted by molar-refractivity contribution is 5.97. The molecule has 0 radical (unpaired) electrons. The van der Waals surface area contributed by atoms with Gasteiger partial charge in [0.05, 0.1) is 23.3 Å². The van der Waals surface area contributed by atoms with Crippen LogP contribution < -0.4 is 5.32 Å². The average molecular weight is 274 g/mol. The van der Waals surface area contributed by atoms with E-state index in [0.29, 0.717) is 17.7 Å². The smallest absolute Gasteiger partial charge is 0.253 e. The van der Waals surface area contributed by atoms with E-state index in [0.717, 1.165) is 19.4 Å². The molecule has 106 valence electrons. The van der Waals surface area contributed by atoms with Crippen LogP contribution in [-0.4, -0.2) is 41.4 Å². The highest BCUT2D eigenvalue weighted by atomic mass is 16.5. The lowest BCUT2D eigenvalue weighted by atomic mass is 9.94. The van der Waals surface area contributed by atoms with Crippen molar-refractivity contribution in [2.45, 2.75) is 25.3 Å². The van der Waals surface area contributed by atoms with Crippen molar-refractivity contribution in [3.63, 3.8) is 0 Å². The molecule has 2 N–H and O–H groups in total. The van der Waals surface area contributed by atoms with E-state index in [4.69, 9.17) is 9.84 Å². The van der Waals surface area contributed by atoms with Crippen molar-refractivity contribution in [3.05, 3.63) is 29.6 Å². The van der Waals surface area contributed by atoms with E-state index in [9.17, 15) is 4.79 Å². The fourth-order valence-corrected chi connectivity index (χ4v) is 2.20. The molecule has 2 heterocycles. The second-order valence-electron chi connectivity index (χ2n) is 5.05. The van der Waals surface area contributed by atoms with Crippen LogP contribution in [0.5, 0.6) is 0 Å². The van der Waals surface area contributed by atoms with Gasteiger partial charge in [-0.3, -0.25) is 9.78 Å². The minimum atomic E-state index is -0.347. The van der Waals surface area contributed by atoms with E-state index in [1.54, 1.807) is 12.3 Å². The van der Waals surface area contributed by atoms with E-state index >= 15 is 0 Å². The molecular weight excluding hydrogens is 256 g/mol. The van der Waals surface area contributed by atoms with Gasteiger partial charge in [-0.25, -0.2) is 0 Å². The number of nitrogens with one attached hydrogen (secondary N) is 1. The van der Waals surface area contributed by atoms with Gasteiger partial charge in [0.2, 0.25) is 0 Å². The van der Waals surface area contributed by atoms with Crippen molar-refractivity contribution in [3.8, 4) is 11.8 Å². The SMILES string of the molecule is CC1(NC(=O)c2ccncc2C#CCO)CCCOC1. The van der Waals surface area contributed by atoms with Crippen LogP contribution in [0.15, 0.2) is 18.5 Å². The van der Waals surface area contributed by atoms with Gasteiger partial charge in [0.15, 0.2) is 0 Å². The molecule has 1 aromatic rings. The molecule has 0 spiro atoms. The number of ether oxygens (including phenoxy) is 1. The summed E-state index contributed by atoms with van der Waals surface area (Å²) in [4.78, 5) is 16.3. The van der Waals surface area contributed by atoms with Crippen molar-refractivity contribution in [1.29, 1.82) is 0 Å². The number of aromatic nitrogens is 1. The van der Waals surface area contributed by atoms with E-state index in [-0.39, 0.29) is 18.1 Å². The first-order valence-corrected chi connectivity index (χ1v) is 6.59. The van der Waals surface area contributed by atoms with Crippen LogP contribution in [-0.2, 0) is 4.74 Å². The standard InChI is InChI=1S/C15H18N2O3/c1-15(6-3-9-20-11-15)17-14(19)13-5-7-16-10-12(13)4-2-8-18/h5,7,10,18H,3,6,8-9,11H2,1H3,(H,17,19). The molecule has 0 aliphatic carbocycles. The lowest BCUT2D eigenvalue weighted by Crippen LogP contribution is -2.51. The number of aliphatic hydroxyl groups excluding tert-OH is 1. The maximum absolute atomic E-state index is 12.4. The quantitative estimate of drug-likeness (QED) is 0.780. The molecular formula is C15H18N2O3. The molecule has 1 aliphatic heterocycles. The van der Waals surface area contributed by atoms with Crippen LogP contribution in [0.3, 0.4) is 0 Å². The Hall–Kier alpha value is -1.90. The molecule has 0 saturated carbocycles. The lowest BCUT2D eigenvalue weighted by Gasteiger charge is -2.34. The molecule has 1 fully saturated rings. The summed E-state index contributed by atoms with van der Waals surface area (Å²) < 4.78 is 5.43. The normalized spacial score (nSPS) is 21.7. The topological polar surface area (TPSA) is 71.5 Å². The number of rotatable bonds is 2. The van der Waals surface area contributed by atoms with Crippen LogP contribution in [0.25, 0.3) is 0 Å². The Morgan fingerprint density at radius 2 is 2.50 bits per heavy atom. The molecule has 20 heavy (non-hydrogen) atoms. The first-order valence-electron chi connectivity index (χ1n) is 6.59. The van der Waals surface area contributed by atoms with Crippen molar-refractivity contribution < 1.29 is 14.6 Å². The highest BCUT2D eigenvalue weighted by Gasteiger charge is 2.30. The Balaban J connectivity index is 2.16. The summed E-state index contributed by atoms with van der Waals surface area (Å²) in [7, 11) is 0. The van der Waals surface area contributed by atoms with Crippen LogP contribution in [0.2, 0.25) is 0 Å². The summed E-state index contributed by atoms with van der Waals surface area (Å²) in [5, 5.41) is 11.8. The average Bonchev–Trinajstić information content (AvgIpc) is 2.45. The van der Waals surface area contributed by atoms with Gasteiger partial charge in [0.25, 0.3) is 5.91 Å². The molecule has 1 aromatic heterocycles. The number of carbonyl (C=O) groups excluding carboxylic acids is 1. The summed E-state index contributed by atoms with van der Waals surface area (Å²) in [6, 6.07) is 1.63. The fourth-order valence-electron chi connectivity index (χ4n) is 2.20. The fraction of sp³-hybridized carbons (Fsp3) is 0.467. The maximum atomic E-state index is 12.4. The molecule has 1 amide bonds. The van der Waals surface area contributed by atoms with Crippen molar-refractivity contribution >= 4 is 5.91 Å². The van der Waals surface area contributed by atoms with Gasteiger partial charge in [-0.1, -0.05) is 11.8 Å². The summed E-state index contributed by atoms with van der Waals surface area (Å²) in [6.07, 6.45) is 4.90. The lowest BCUT2D eigenvalue weighted by molar-refractivity contribution is 0.0272. The third-order valence-electron chi connectivity index (χ3n) is 3.22.